The molecule has 0 spiro atoms. The molecule has 0 unspecified atom stereocenters. The number of anilines is 2. The Morgan fingerprint density at radius 3 is 2.78 bits per heavy atom. The fourth-order valence-electron chi connectivity index (χ4n) is 1.32. The number of halogens is 2. The van der Waals surface area contributed by atoms with Crippen LogP contribution in [0.5, 0.6) is 0 Å². The van der Waals surface area contributed by atoms with Crippen LogP contribution in [-0.4, -0.2) is 45.3 Å². The molecular weight excluding hydrogens is 257 g/mol. The highest BCUT2D eigenvalue weighted by molar-refractivity contribution is 6.31. The first-order valence-electron chi connectivity index (χ1n) is 5.71. The van der Waals surface area contributed by atoms with Crippen molar-refractivity contribution in [2.45, 2.75) is 0 Å². The lowest BCUT2D eigenvalue weighted by Crippen LogP contribution is -2.20. The van der Waals surface area contributed by atoms with Crippen LogP contribution in [-0.2, 0) is 4.74 Å². The fraction of sp³-hybridized carbons (Fsp3) is 0.500. The summed E-state index contributed by atoms with van der Waals surface area (Å²) in [5.74, 6) is -0.484. The number of hydrogen-bond acceptors (Lipinski definition) is 4. The topological polar surface area (TPSA) is 50.5 Å². The fourth-order valence-corrected chi connectivity index (χ4v) is 1.49. The summed E-state index contributed by atoms with van der Waals surface area (Å²) >= 11 is 5.61. The lowest BCUT2D eigenvalue weighted by Gasteiger charge is -2.12. The van der Waals surface area contributed by atoms with Crippen molar-refractivity contribution in [3.05, 3.63) is 23.0 Å². The van der Waals surface area contributed by atoms with Gasteiger partial charge in [-0.1, -0.05) is 11.6 Å². The third kappa shape index (κ3) is 5.08. The highest BCUT2D eigenvalue weighted by atomic mass is 35.5. The van der Waals surface area contributed by atoms with Crippen molar-refractivity contribution in [2.75, 3.05) is 51.4 Å². The zero-order valence-electron chi connectivity index (χ0n) is 10.7. The maximum Gasteiger partial charge on any atom is 0.143 e. The van der Waals surface area contributed by atoms with Gasteiger partial charge in [0.25, 0.3) is 0 Å². The van der Waals surface area contributed by atoms with E-state index in [2.05, 4.69) is 5.32 Å². The Morgan fingerprint density at radius 2 is 2.11 bits per heavy atom. The van der Waals surface area contributed by atoms with E-state index in [1.54, 1.807) is 0 Å². The molecule has 0 atom stereocenters. The molecule has 0 aromatic heterocycles. The second kappa shape index (κ2) is 7.41. The van der Waals surface area contributed by atoms with E-state index in [1.807, 2.05) is 19.0 Å². The molecular formula is C12H19ClFN3O. The molecule has 0 saturated heterocycles. The Bertz CT molecular complexity index is 388. The number of ether oxygens (including phenoxy) is 1. The first kappa shape index (κ1) is 15.0. The number of rotatable bonds is 7. The molecule has 1 aromatic carbocycles. The maximum absolute atomic E-state index is 13.2. The van der Waals surface area contributed by atoms with Gasteiger partial charge in [-0.15, -0.1) is 0 Å². The van der Waals surface area contributed by atoms with Crippen LogP contribution in [0.4, 0.5) is 15.8 Å². The summed E-state index contributed by atoms with van der Waals surface area (Å²) in [6.45, 7) is 2.65. The van der Waals surface area contributed by atoms with Gasteiger partial charge in [0.05, 0.1) is 29.6 Å². The van der Waals surface area contributed by atoms with E-state index in [-0.39, 0.29) is 5.02 Å². The Labute approximate surface area is 112 Å². The molecule has 0 saturated carbocycles. The van der Waals surface area contributed by atoms with E-state index in [0.717, 1.165) is 6.54 Å². The van der Waals surface area contributed by atoms with Crippen LogP contribution in [0.2, 0.25) is 5.02 Å². The van der Waals surface area contributed by atoms with Crippen molar-refractivity contribution in [1.82, 2.24) is 4.90 Å². The number of nitrogen functional groups attached to an aromatic ring is 1. The molecule has 0 aliphatic heterocycles. The first-order valence-corrected chi connectivity index (χ1v) is 6.09. The van der Waals surface area contributed by atoms with Crippen molar-refractivity contribution in [3.8, 4) is 0 Å². The molecule has 0 aliphatic rings. The second-order valence-electron chi connectivity index (χ2n) is 4.20. The molecule has 1 aromatic rings. The molecule has 0 radical (unpaired) electrons. The lowest BCUT2D eigenvalue weighted by molar-refractivity contribution is 0.126. The van der Waals surface area contributed by atoms with Crippen molar-refractivity contribution in [2.24, 2.45) is 0 Å². The monoisotopic (exact) mass is 275 g/mol. The average molecular weight is 276 g/mol. The second-order valence-corrected chi connectivity index (χ2v) is 4.60. The molecule has 102 valence electrons. The highest BCUT2D eigenvalue weighted by Gasteiger charge is 2.05. The van der Waals surface area contributed by atoms with Crippen LogP contribution >= 0.6 is 11.6 Å². The van der Waals surface area contributed by atoms with Crippen LogP contribution in [0.1, 0.15) is 0 Å². The van der Waals surface area contributed by atoms with Crippen LogP contribution in [0.15, 0.2) is 12.1 Å². The summed E-state index contributed by atoms with van der Waals surface area (Å²) < 4.78 is 18.6. The number of benzene rings is 1. The zero-order valence-corrected chi connectivity index (χ0v) is 11.4. The molecule has 6 heteroatoms. The first-order chi connectivity index (χ1) is 8.50. The van der Waals surface area contributed by atoms with Crippen molar-refractivity contribution < 1.29 is 9.13 Å². The summed E-state index contributed by atoms with van der Waals surface area (Å²) in [5, 5.41) is 3.03. The lowest BCUT2D eigenvalue weighted by atomic mass is 10.2. The van der Waals surface area contributed by atoms with Crippen LogP contribution in [0.3, 0.4) is 0 Å². The Kier molecular flexibility index (Phi) is 6.18. The molecule has 3 N–H and O–H groups in total. The number of likely N-dealkylation sites (N-methyl/N-ethyl adjacent to an activating group) is 1. The summed E-state index contributed by atoms with van der Waals surface area (Å²) in [4.78, 5) is 2.04. The van der Waals surface area contributed by atoms with Gasteiger partial charge >= 0.3 is 0 Å². The molecule has 4 nitrogen and oxygen atoms in total. The van der Waals surface area contributed by atoms with Crippen LogP contribution in [0.25, 0.3) is 0 Å². The van der Waals surface area contributed by atoms with Gasteiger partial charge in [0.2, 0.25) is 0 Å². The SMILES string of the molecule is CN(C)CCOCCNc1cc(F)c(Cl)cc1N. The molecule has 18 heavy (non-hydrogen) atoms. The minimum Gasteiger partial charge on any atom is -0.397 e. The van der Waals surface area contributed by atoms with E-state index in [9.17, 15) is 4.39 Å². The van der Waals surface area contributed by atoms with Crippen molar-refractivity contribution in [3.63, 3.8) is 0 Å². The standard InChI is InChI=1S/C12H19ClFN3O/c1-17(2)4-6-18-5-3-16-12-8-10(14)9(13)7-11(12)15/h7-8,16H,3-6,15H2,1-2H3. The Hall–Kier alpha value is -1.04. The predicted octanol–water partition coefficient (Wildman–Crippen LogP) is 2.05. The van der Waals surface area contributed by atoms with Gasteiger partial charge in [0, 0.05) is 19.2 Å². The normalized spacial score (nSPS) is 10.9. The summed E-state index contributed by atoms with van der Waals surface area (Å²) in [6.07, 6.45) is 0. The van der Waals surface area contributed by atoms with Crippen molar-refractivity contribution >= 4 is 23.0 Å². The number of nitrogens with one attached hydrogen (secondary N) is 1. The summed E-state index contributed by atoms with van der Waals surface area (Å²) in [6, 6.07) is 2.68. The average Bonchev–Trinajstić information content (AvgIpc) is 2.29. The maximum atomic E-state index is 13.2. The number of nitrogens with two attached hydrogens (primary N) is 1. The smallest absolute Gasteiger partial charge is 0.143 e. The van der Waals surface area contributed by atoms with Gasteiger partial charge in [-0.3, -0.25) is 0 Å². The quantitative estimate of drug-likeness (QED) is 0.591. The van der Waals surface area contributed by atoms with E-state index >= 15 is 0 Å². The summed E-state index contributed by atoms with van der Waals surface area (Å²) in [7, 11) is 3.97. The third-order valence-electron chi connectivity index (χ3n) is 2.34. The molecule has 0 fully saturated rings. The molecule has 0 bridgehead atoms. The van der Waals surface area contributed by atoms with Gasteiger partial charge in [0.15, 0.2) is 0 Å². The predicted molar refractivity (Wildman–Crippen MR) is 73.7 cm³/mol. The minimum absolute atomic E-state index is 0.0280. The van der Waals surface area contributed by atoms with E-state index in [4.69, 9.17) is 22.1 Å². The summed E-state index contributed by atoms with van der Waals surface area (Å²) in [5.41, 5.74) is 6.67. The van der Waals surface area contributed by atoms with Gasteiger partial charge in [-0.2, -0.15) is 0 Å². The van der Waals surface area contributed by atoms with Crippen LogP contribution < -0.4 is 11.1 Å². The molecule has 0 aliphatic carbocycles. The zero-order chi connectivity index (χ0) is 13.5. The number of nitrogens with zero attached hydrogens (tertiary/aromatic N) is 1. The Morgan fingerprint density at radius 1 is 1.39 bits per heavy atom. The van der Waals surface area contributed by atoms with E-state index in [0.29, 0.717) is 31.1 Å². The minimum atomic E-state index is -0.484. The molecule has 1 rings (SSSR count). The van der Waals surface area contributed by atoms with E-state index < -0.39 is 5.82 Å². The molecule has 0 heterocycles. The van der Waals surface area contributed by atoms with Gasteiger partial charge in [0.1, 0.15) is 5.82 Å². The van der Waals surface area contributed by atoms with E-state index in [1.165, 1.54) is 12.1 Å². The highest BCUT2D eigenvalue weighted by Crippen LogP contribution is 2.25. The molecule has 0 amide bonds. The Balaban J connectivity index is 2.29. The largest absolute Gasteiger partial charge is 0.397 e. The van der Waals surface area contributed by atoms with Gasteiger partial charge in [-0.05, 0) is 20.2 Å². The van der Waals surface area contributed by atoms with Crippen LogP contribution in [0, 0.1) is 5.82 Å². The van der Waals surface area contributed by atoms with Gasteiger partial charge in [-0.25, -0.2) is 4.39 Å². The van der Waals surface area contributed by atoms with Crippen molar-refractivity contribution in [1.29, 1.82) is 0 Å². The van der Waals surface area contributed by atoms with Gasteiger partial charge < -0.3 is 20.7 Å². The number of hydrogen-bond donors (Lipinski definition) is 2. The third-order valence-corrected chi connectivity index (χ3v) is 2.63.